The van der Waals surface area contributed by atoms with E-state index in [1.165, 1.54) is 7.11 Å². The highest BCUT2D eigenvalue weighted by atomic mass is 16.5. The molecule has 0 fully saturated rings. The van der Waals surface area contributed by atoms with E-state index in [1.54, 1.807) is 19.1 Å². The van der Waals surface area contributed by atoms with Gasteiger partial charge in [0.2, 0.25) is 0 Å². The summed E-state index contributed by atoms with van der Waals surface area (Å²) in [6.07, 6.45) is 1.77. The first kappa shape index (κ1) is 14.2. The zero-order valence-electron chi connectivity index (χ0n) is 12.3. The average Bonchev–Trinajstić information content (AvgIpc) is 2.89. The summed E-state index contributed by atoms with van der Waals surface area (Å²) in [7, 11) is 1.37. The maximum absolute atomic E-state index is 11.6. The molecule has 0 unspecified atom stereocenters. The summed E-state index contributed by atoms with van der Waals surface area (Å²) in [5.41, 5.74) is 3.28. The minimum atomic E-state index is -0.369. The molecule has 0 aliphatic rings. The second-order valence-electron chi connectivity index (χ2n) is 4.54. The van der Waals surface area contributed by atoms with E-state index in [0.29, 0.717) is 11.3 Å². The van der Waals surface area contributed by atoms with Crippen LogP contribution in [0.4, 0.5) is 0 Å². The predicted octanol–water partition coefficient (Wildman–Crippen LogP) is 2.49. The number of rotatable bonds is 4. The van der Waals surface area contributed by atoms with Crippen LogP contribution in [0.3, 0.4) is 0 Å². The van der Waals surface area contributed by atoms with E-state index in [4.69, 9.17) is 4.74 Å². The molecule has 2 aromatic rings. The van der Waals surface area contributed by atoms with Gasteiger partial charge < -0.3 is 4.74 Å². The van der Waals surface area contributed by atoms with Gasteiger partial charge in [0.1, 0.15) is 0 Å². The summed E-state index contributed by atoms with van der Waals surface area (Å²) in [6, 6.07) is 5.62. The zero-order chi connectivity index (χ0) is 14.7. The number of carbonyl (C=O) groups is 1. The van der Waals surface area contributed by atoms with Crippen LogP contribution in [0.2, 0.25) is 0 Å². The third-order valence-electron chi connectivity index (χ3n) is 3.25. The van der Waals surface area contributed by atoms with Crippen molar-refractivity contribution < 1.29 is 9.53 Å². The van der Waals surface area contributed by atoms with E-state index in [0.717, 1.165) is 30.0 Å². The molecule has 0 aliphatic heterocycles. The Morgan fingerprint density at radius 3 is 2.60 bits per heavy atom. The molecule has 0 aliphatic carbocycles. The smallest absolute Gasteiger partial charge is 0.339 e. The van der Waals surface area contributed by atoms with Gasteiger partial charge >= 0.3 is 5.97 Å². The molecule has 0 spiro atoms. The van der Waals surface area contributed by atoms with Crippen molar-refractivity contribution in [2.45, 2.75) is 33.6 Å². The van der Waals surface area contributed by atoms with Crippen LogP contribution in [0.1, 0.15) is 41.3 Å². The molecule has 0 saturated heterocycles. The van der Waals surface area contributed by atoms with Crippen LogP contribution in [0.15, 0.2) is 18.2 Å². The highest BCUT2D eigenvalue weighted by molar-refractivity contribution is 5.90. The van der Waals surface area contributed by atoms with Crippen LogP contribution < -0.4 is 0 Å². The summed E-state index contributed by atoms with van der Waals surface area (Å²) >= 11 is 0. The minimum absolute atomic E-state index is 0.369. The van der Waals surface area contributed by atoms with Crippen molar-refractivity contribution in [3.8, 4) is 5.82 Å². The third kappa shape index (κ3) is 2.57. The number of aromatic nitrogens is 3. The molecule has 0 bridgehead atoms. The van der Waals surface area contributed by atoms with Gasteiger partial charge in [0, 0.05) is 5.69 Å². The van der Waals surface area contributed by atoms with E-state index in [2.05, 4.69) is 30.0 Å². The fourth-order valence-electron chi connectivity index (χ4n) is 2.09. The zero-order valence-corrected chi connectivity index (χ0v) is 12.3. The number of ether oxygens (including phenoxy) is 1. The lowest BCUT2D eigenvalue weighted by molar-refractivity contribution is 0.0599. The molecule has 0 N–H and O–H groups in total. The summed E-state index contributed by atoms with van der Waals surface area (Å²) in [5, 5.41) is 4.54. The normalized spacial score (nSPS) is 10.6. The molecule has 2 aromatic heterocycles. The molecule has 2 heterocycles. The molecule has 20 heavy (non-hydrogen) atoms. The quantitative estimate of drug-likeness (QED) is 0.803. The number of carbonyl (C=O) groups excluding carboxylic acids is 1. The van der Waals surface area contributed by atoms with Crippen molar-refractivity contribution in [3.63, 3.8) is 0 Å². The standard InChI is InChI=1S/C15H19N3O2/c1-5-11-9-12(6-2)18(17-11)14-8-7-13(10(3)16-14)15(19)20-4/h7-9H,5-6H2,1-4H3. The lowest BCUT2D eigenvalue weighted by Gasteiger charge is -2.08. The van der Waals surface area contributed by atoms with Crippen LogP contribution >= 0.6 is 0 Å². The molecule has 0 amide bonds. The summed E-state index contributed by atoms with van der Waals surface area (Å²) < 4.78 is 6.57. The molecule has 2 rings (SSSR count). The fourth-order valence-corrected chi connectivity index (χ4v) is 2.09. The highest BCUT2D eigenvalue weighted by Gasteiger charge is 2.13. The maximum atomic E-state index is 11.6. The van der Waals surface area contributed by atoms with Gasteiger partial charge in [-0.05, 0) is 38.0 Å². The second kappa shape index (κ2) is 5.86. The Labute approximate surface area is 118 Å². The Morgan fingerprint density at radius 1 is 1.30 bits per heavy atom. The van der Waals surface area contributed by atoms with E-state index in [1.807, 2.05) is 4.68 Å². The molecule has 0 saturated carbocycles. The van der Waals surface area contributed by atoms with Gasteiger partial charge in [-0.25, -0.2) is 14.5 Å². The van der Waals surface area contributed by atoms with E-state index in [9.17, 15) is 4.79 Å². The largest absolute Gasteiger partial charge is 0.465 e. The molecule has 106 valence electrons. The van der Waals surface area contributed by atoms with Crippen molar-refractivity contribution in [3.05, 3.63) is 40.8 Å². The van der Waals surface area contributed by atoms with E-state index >= 15 is 0 Å². The number of esters is 1. The van der Waals surface area contributed by atoms with Gasteiger partial charge in [-0.15, -0.1) is 0 Å². The first-order valence-corrected chi connectivity index (χ1v) is 6.74. The van der Waals surface area contributed by atoms with Crippen LogP contribution in [0.5, 0.6) is 0 Å². The fraction of sp³-hybridized carbons (Fsp3) is 0.400. The Balaban J connectivity index is 2.46. The third-order valence-corrected chi connectivity index (χ3v) is 3.25. The van der Waals surface area contributed by atoms with Crippen LogP contribution in [-0.4, -0.2) is 27.8 Å². The van der Waals surface area contributed by atoms with Crippen molar-refractivity contribution >= 4 is 5.97 Å². The van der Waals surface area contributed by atoms with Gasteiger partial charge in [-0.1, -0.05) is 13.8 Å². The van der Waals surface area contributed by atoms with Gasteiger partial charge in [0.25, 0.3) is 0 Å². The molecular formula is C15H19N3O2. The summed E-state index contributed by atoms with van der Waals surface area (Å²) in [4.78, 5) is 16.0. The van der Waals surface area contributed by atoms with Crippen molar-refractivity contribution in [2.75, 3.05) is 7.11 Å². The first-order chi connectivity index (χ1) is 9.60. The molecule has 5 heteroatoms. The maximum Gasteiger partial charge on any atom is 0.339 e. The lowest BCUT2D eigenvalue weighted by atomic mass is 10.2. The summed E-state index contributed by atoms with van der Waals surface area (Å²) in [5.74, 6) is 0.360. The number of hydrogen-bond donors (Lipinski definition) is 0. The first-order valence-electron chi connectivity index (χ1n) is 6.74. The molecule has 0 atom stereocenters. The summed E-state index contributed by atoms with van der Waals surface area (Å²) in [6.45, 7) is 5.96. The highest BCUT2D eigenvalue weighted by Crippen LogP contribution is 2.15. The number of aryl methyl sites for hydroxylation is 3. The topological polar surface area (TPSA) is 57.0 Å². The SMILES string of the molecule is CCc1cc(CC)n(-c2ccc(C(=O)OC)c(C)n2)n1. The second-order valence-corrected chi connectivity index (χ2v) is 4.54. The van der Waals surface area contributed by atoms with Gasteiger partial charge in [-0.2, -0.15) is 5.10 Å². The number of methoxy groups -OCH3 is 1. The monoisotopic (exact) mass is 273 g/mol. The Bertz CT molecular complexity index is 632. The number of hydrogen-bond acceptors (Lipinski definition) is 4. The Kier molecular flexibility index (Phi) is 4.17. The van der Waals surface area contributed by atoms with Gasteiger partial charge in [0.05, 0.1) is 24.1 Å². The average molecular weight is 273 g/mol. The van der Waals surface area contributed by atoms with Gasteiger partial charge in [-0.3, -0.25) is 0 Å². The minimum Gasteiger partial charge on any atom is -0.465 e. The molecule has 0 aromatic carbocycles. The van der Waals surface area contributed by atoms with E-state index < -0.39 is 0 Å². The van der Waals surface area contributed by atoms with Crippen molar-refractivity contribution in [1.29, 1.82) is 0 Å². The van der Waals surface area contributed by atoms with Crippen LogP contribution in [-0.2, 0) is 17.6 Å². The lowest BCUT2D eigenvalue weighted by Crippen LogP contribution is -2.09. The van der Waals surface area contributed by atoms with E-state index in [-0.39, 0.29) is 5.97 Å². The van der Waals surface area contributed by atoms with Gasteiger partial charge in [0.15, 0.2) is 5.82 Å². The Hall–Kier alpha value is -2.17. The Morgan fingerprint density at radius 2 is 2.05 bits per heavy atom. The number of pyridine rings is 1. The molecule has 5 nitrogen and oxygen atoms in total. The van der Waals surface area contributed by atoms with Crippen molar-refractivity contribution in [2.24, 2.45) is 0 Å². The van der Waals surface area contributed by atoms with Crippen LogP contribution in [0, 0.1) is 6.92 Å². The van der Waals surface area contributed by atoms with Crippen LogP contribution in [0.25, 0.3) is 5.82 Å². The predicted molar refractivity (Wildman–Crippen MR) is 76.2 cm³/mol. The van der Waals surface area contributed by atoms with Crippen molar-refractivity contribution in [1.82, 2.24) is 14.8 Å². The molecule has 0 radical (unpaired) electrons. The molecular weight excluding hydrogens is 254 g/mol. The number of nitrogens with zero attached hydrogens (tertiary/aromatic N) is 3.